The van der Waals surface area contributed by atoms with E-state index in [2.05, 4.69) is 4.98 Å². The molecule has 7 nitrogen and oxygen atoms in total. The van der Waals surface area contributed by atoms with Gasteiger partial charge in [-0.05, 0) is 38.3 Å². The van der Waals surface area contributed by atoms with Crippen molar-refractivity contribution < 1.29 is 14.7 Å². The van der Waals surface area contributed by atoms with Crippen LogP contribution in [0.15, 0.2) is 29.3 Å². The van der Waals surface area contributed by atoms with E-state index in [4.69, 9.17) is 0 Å². The average molecular weight is 343 g/mol. The first-order valence-electron chi connectivity index (χ1n) is 8.39. The molecule has 1 aromatic heterocycles. The van der Waals surface area contributed by atoms with Crippen LogP contribution in [0.2, 0.25) is 0 Å². The van der Waals surface area contributed by atoms with Crippen molar-refractivity contribution in [3.63, 3.8) is 0 Å². The second-order valence-electron chi connectivity index (χ2n) is 6.51. The van der Waals surface area contributed by atoms with Crippen LogP contribution in [0.4, 0.5) is 0 Å². The van der Waals surface area contributed by atoms with Gasteiger partial charge >= 0.3 is 5.97 Å². The normalized spacial score (nSPS) is 15.1. The van der Waals surface area contributed by atoms with E-state index in [1.807, 2.05) is 13.0 Å². The molecule has 25 heavy (non-hydrogen) atoms. The van der Waals surface area contributed by atoms with Gasteiger partial charge in [0.2, 0.25) is 5.91 Å². The van der Waals surface area contributed by atoms with Crippen molar-refractivity contribution in [1.82, 2.24) is 14.5 Å². The van der Waals surface area contributed by atoms with Gasteiger partial charge in [-0.25, -0.2) is 9.78 Å². The van der Waals surface area contributed by atoms with Gasteiger partial charge in [0.25, 0.3) is 5.56 Å². The fourth-order valence-corrected chi connectivity index (χ4v) is 3.05. The van der Waals surface area contributed by atoms with E-state index in [0.29, 0.717) is 10.9 Å². The largest absolute Gasteiger partial charge is 0.480 e. The predicted molar refractivity (Wildman–Crippen MR) is 92.3 cm³/mol. The van der Waals surface area contributed by atoms with E-state index >= 15 is 0 Å². The topological polar surface area (TPSA) is 92.5 Å². The van der Waals surface area contributed by atoms with Crippen molar-refractivity contribution in [2.45, 2.75) is 51.7 Å². The van der Waals surface area contributed by atoms with Crippen molar-refractivity contribution in [3.05, 3.63) is 40.4 Å². The molecule has 132 valence electrons. The number of fused-ring (bicyclic) bond motifs is 1. The highest BCUT2D eigenvalue weighted by molar-refractivity contribution is 5.84. The zero-order valence-corrected chi connectivity index (χ0v) is 14.3. The van der Waals surface area contributed by atoms with Gasteiger partial charge in [0, 0.05) is 19.0 Å². The summed E-state index contributed by atoms with van der Waals surface area (Å²) in [5.74, 6) is -1.26. The Bertz CT molecular complexity index is 886. The molecule has 1 heterocycles. The average Bonchev–Trinajstić information content (AvgIpc) is 3.40. The summed E-state index contributed by atoms with van der Waals surface area (Å²) in [5.41, 5.74) is 1.40. The van der Waals surface area contributed by atoms with Crippen molar-refractivity contribution in [3.8, 4) is 0 Å². The van der Waals surface area contributed by atoms with Gasteiger partial charge < -0.3 is 10.0 Å². The lowest BCUT2D eigenvalue weighted by Gasteiger charge is -2.26. The molecule has 0 aliphatic heterocycles. The van der Waals surface area contributed by atoms with Crippen LogP contribution in [0, 0.1) is 6.92 Å². The molecule has 0 bridgehead atoms. The van der Waals surface area contributed by atoms with E-state index in [-0.39, 0.29) is 30.5 Å². The predicted octanol–water partition coefficient (Wildman–Crippen LogP) is 1.56. The number of benzene rings is 1. The lowest BCUT2D eigenvalue weighted by atomic mass is 10.1. The second kappa shape index (κ2) is 6.66. The third kappa shape index (κ3) is 3.40. The Balaban J connectivity index is 1.78. The van der Waals surface area contributed by atoms with E-state index < -0.39 is 12.0 Å². The van der Waals surface area contributed by atoms with Gasteiger partial charge in [-0.1, -0.05) is 12.1 Å². The summed E-state index contributed by atoms with van der Waals surface area (Å²) in [7, 11) is 0. The number of nitrogens with zero attached hydrogens (tertiary/aromatic N) is 3. The Morgan fingerprint density at radius 2 is 2.12 bits per heavy atom. The van der Waals surface area contributed by atoms with Gasteiger partial charge in [-0.2, -0.15) is 0 Å². The van der Waals surface area contributed by atoms with Gasteiger partial charge in [0.1, 0.15) is 6.04 Å². The number of aryl methyl sites for hydroxylation is 2. The molecule has 1 aliphatic rings. The summed E-state index contributed by atoms with van der Waals surface area (Å²) in [6, 6.07) is 4.57. The number of hydrogen-bond donors (Lipinski definition) is 1. The van der Waals surface area contributed by atoms with Crippen LogP contribution in [0.5, 0.6) is 0 Å². The standard InChI is InChI=1S/C18H21N3O4/c1-11-4-3-5-14-16(11)19-10-20(17(14)23)9-8-15(22)21(13-6-7-13)12(2)18(24)25/h3-5,10,12-13H,6-9H2,1-2H3,(H,24,25). The van der Waals surface area contributed by atoms with E-state index in [1.165, 1.54) is 22.7 Å². The monoisotopic (exact) mass is 343 g/mol. The number of carboxylic acids is 1. The van der Waals surface area contributed by atoms with Crippen LogP contribution < -0.4 is 5.56 Å². The van der Waals surface area contributed by atoms with Gasteiger partial charge in [0.05, 0.1) is 17.2 Å². The Hall–Kier alpha value is -2.70. The van der Waals surface area contributed by atoms with Crippen molar-refractivity contribution >= 4 is 22.8 Å². The first kappa shape index (κ1) is 17.1. The van der Waals surface area contributed by atoms with Crippen LogP contribution in [0.25, 0.3) is 10.9 Å². The molecule has 1 fully saturated rings. The van der Waals surface area contributed by atoms with Crippen LogP contribution in [0.3, 0.4) is 0 Å². The summed E-state index contributed by atoms with van der Waals surface area (Å²) < 4.78 is 1.41. The fraction of sp³-hybridized carbons (Fsp3) is 0.444. The number of hydrogen-bond acceptors (Lipinski definition) is 4. The minimum absolute atomic E-state index is 0.00713. The summed E-state index contributed by atoms with van der Waals surface area (Å²) in [4.78, 5) is 42.0. The molecule has 1 aliphatic carbocycles. The lowest BCUT2D eigenvalue weighted by molar-refractivity contribution is -0.150. The molecule has 0 spiro atoms. The highest BCUT2D eigenvalue weighted by atomic mass is 16.4. The minimum Gasteiger partial charge on any atom is -0.480 e. The van der Waals surface area contributed by atoms with E-state index in [1.54, 1.807) is 12.1 Å². The van der Waals surface area contributed by atoms with Crippen LogP contribution in [-0.2, 0) is 16.1 Å². The maximum Gasteiger partial charge on any atom is 0.326 e. The summed E-state index contributed by atoms with van der Waals surface area (Å²) in [5, 5.41) is 9.71. The maximum absolute atomic E-state index is 12.6. The number of para-hydroxylation sites is 1. The van der Waals surface area contributed by atoms with Crippen molar-refractivity contribution in [2.24, 2.45) is 0 Å². The van der Waals surface area contributed by atoms with Crippen molar-refractivity contribution in [1.29, 1.82) is 0 Å². The zero-order chi connectivity index (χ0) is 18.1. The Labute approximate surface area is 144 Å². The van der Waals surface area contributed by atoms with Gasteiger partial charge in [-0.15, -0.1) is 0 Å². The third-order valence-corrected chi connectivity index (χ3v) is 4.62. The Morgan fingerprint density at radius 1 is 1.40 bits per heavy atom. The molecule has 3 rings (SSSR count). The Morgan fingerprint density at radius 3 is 2.76 bits per heavy atom. The summed E-state index contributed by atoms with van der Waals surface area (Å²) >= 11 is 0. The number of amides is 1. The molecule has 0 radical (unpaired) electrons. The molecule has 1 unspecified atom stereocenters. The molecule has 1 N–H and O–H groups in total. The first-order chi connectivity index (χ1) is 11.9. The SMILES string of the molecule is Cc1cccc2c(=O)n(CCC(=O)N(C3CC3)C(C)C(=O)O)cnc12. The molecule has 2 aromatic rings. The minimum atomic E-state index is -1.01. The molecule has 1 amide bonds. The smallest absolute Gasteiger partial charge is 0.326 e. The number of aliphatic carboxylic acids is 1. The van der Waals surface area contributed by atoms with Gasteiger partial charge in [-0.3, -0.25) is 14.2 Å². The Kier molecular flexibility index (Phi) is 4.57. The van der Waals surface area contributed by atoms with Gasteiger partial charge in [0.15, 0.2) is 0 Å². The molecular formula is C18H21N3O4. The first-order valence-corrected chi connectivity index (χ1v) is 8.39. The summed E-state index contributed by atoms with van der Waals surface area (Å²) in [6.45, 7) is 3.60. The van der Waals surface area contributed by atoms with E-state index in [9.17, 15) is 19.5 Å². The molecule has 7 heteroatoms. The number of aromatic nitrogens is 2. The maximum atomic E-state index is 12.6. The van der Waals surface area contributed by atoms with Crippen LogP contribution in [-0.4, -0.2) is 43.5 Å². The van der Waals surface area contributed by atoms with Crippen LogP contribution >= 0.6 is 0 Å². The van der Waals surface area contributed by atoms with Crippen LogP contribution in [0.1, 0.15) is 31.7 Å². The molecule has 1 saturated carbocycles. The number of carbonyl (C=O) groups excluding carboxylic acids is 1. The quantitative estimate of drug-likeness (QED) is 0.859. The number of rotatable bonds is 6. The fourth-order valence-electron chi connectivity index (χ4n) is 3.05. The number of carbonyl (C=O) groups is 2. The molecular weight excluding hydrogens is 322 g/mol. The highest BCUT2D eigenvalue weighted by Gasteiger charge is 2.38. The number of carboxylic acid groups (broad SMARTS) is 1. The van der Waals surface area contributed by atoms with E-state index in [0.717, 1.165) is 18.4 Å². The molecule has 1 atom stereocenters. The molecule has 0 saturated heterocycles. The summed E-state index contributed by atoms with van der Waals surface area (Å²) in [6.07, 6.45) is 3.19. The second-order valence-corrected chi connectivity index (χ2v) is 6.51. The lowest BCUT2D eigenvalue weighted by Crippen LogP contribution is -2.45. The molecule has 1 aromatic carbocycles. The zero-order valence-electron chi connectivity index (χ0n) is 14.3. The van der Waals surface area contributed by atoms with Crippen molar-refractivity contribution in [2.75, 3.05) is 0 Å². The highest BCUT2D eigenvalue weighted by Crippen LogP contribution is 2.29. The third-order valence-electron chi connectivity index (χ3n) is 4.62.